The maximum absolute atomic E-state index is 9.49. The van der Waals surface area contributed by atoms with Crippen LogP contribution in [0.3, 0.4) is 0 Å². The zero-order valence-corrected chi connectivity index (χ0v) is 9.65. The van der Waals surface area contributed by atoms with E-state index in [-0.39, 0.29) is 13.4 Å². The first kappa shape index (κ1) is 10.7. The molecule has 3 rings (SSSR count). The van der Waals surface area contributed by atoms with Crippen molar-refractivity contribution < 1.29 is 19.3 Å². The van der Waals surface area contributed by atoms with E-state index in [0.717, 1.165) is 37.2 Å². The number of fused-ring (bicyclic) bond motifs is 1. The molecule has 1 fully saturated rings. The molecule has 1 aliphatic heterocycles. The number of aliphatic hydroxyl groups excluding tert-OH is 1. The third kappa shape index (κ3) is 1.93. The second-order valence-corrected chi connectivity index (χ2v) is 4.67. The van der Waals surface area contributed by atoms with Gasteiger partial charge < -0.3 is 19.3 Å². The molecule has 17 heavy (non-hydrogen) atoms. The van der Waals surface area contributed by atoms with Crippen LogP contribution in [0.2, 0.25) is 0 Å². The lowest BCUT2D eigenvalue weighted by atomic mass is 10.0. The van der Waals surface area contributed by atoms with Crippen LogP contribution in [0.25, 0.3) is 0 Å². The van der Waals surface area contributed by atoms with Crippen molar-refractivity contribution in [1.29, 1.82) is 0 Å². The Morgan fingerprint density at radius 1 is 1.18 bits per heavy atom. The minimum Gasteiger partial charge on any atom is -0.485 e. The highest BCUT2D eigenvalue weighted by atomic mass is 16.7. The van der Waals surface area contributed by atoms with Crippen molar-refractivity contribution in [2.24, 2.45) is 0 Å². The molecule has 0 saturated heterocycles. The van der Waals surface area contributed by atoms with E-state index in [1.165, 1.54) is 0 Å². The Balaban J connectivity index is 1.80. The van der Waals surface area contributed by atoms with Crippen LogP contribution in [-0.2, 0) is 0 Å². The summed E-state index contributed by atoms with van der Waals surface area (Å²) in [6, 6.07) is 5.54. The van der Waals surface area contributed by atoms with Gasteiger partial charge in [0.05, 0.1) is 6.61 Å². The zero-order valence-electron chi connectivity index (χ0n) is 9.65. The SMILES string of the molecule is OCC1(Oc2ccc3c(c2)OCO3)CCCC1. The van der Waals surface area contributed by atoms with Gasteiger partial charge in [-0.25, -0.2) is 0 Å². The Morgan fingerprint density at radius 2 is 1.94 bits per heavy atom. The second-order valence-electron chi connectivity index (χ2n) is 4.67. The average molecular weight is 236 g/mol. The molecule has 1 aromatic carbocycles. The van der Waals surface area contributed by atoms with Gasteiger partial charge in [-0.2, -0.15) is 0 Å². The van der Waals surface area contributed by atoms with Crippen molar-refractivity contribution in [3.8, 4) is 17.2 Å². The Labute approximate surface area is 100 Å². The standard InChI is InChI=1S/C13H16O4/c14-8-13(5-1-2-6-13)17-10-3-4-11-12(7-10)16-9-15-11/h3-4,7,14H,1-2,5-6,8-9H2. The van der Waals surface area contributed by atoms with E-state index >= 15 is 0 Å². The lowest BCUT2D eigenvalue weighted by Crippen LogP contribution is -2.36. The molecular formula is C13H16O4. The first-order valence-corrected chi connectivity index (χ1v) is 6.01. The third-order valence-corrected chi connectivity index (χ3v) is 3.48. The first-order valence-electron chi connectivity index (χ1n) is 6.01. The van der Waals surface area contributed by atoms with E-state index in [0.29, 0.717) is 5.75 Å². The zero-order chi connectivity index (χ0) is 11.7. The average Bonchev–Trinajstić information content (AvgIpc) is 2.97. The van der Waals surface area contributed by atoms with Gasteiger partial charge in [0.15, 0.2) is 11.5 Å². The number of benzene rings is 1. The number of hydrogen-bond acceptors (Lipinski definition) is 4. The van der Waals surface area contributed by atoms with Crippen LogP contribution in [0.1, 0.15) is 25.7 Å². The summed E-state index contributed by atoms with van der Waals surface area (Å²) in [7, 11) is 0. The van der Waals surface area contributed by atoms with Crippen LogP contribution in [0, 0.1) is 0 Å². The highest BCUT2D eigenvalue weighted by Crippen LogP contribution is 2.39. The molecule has 2 aliphatic rings. The van der Waals surface area contributed by atoms with Gasteiger partial charge in [-0.15, -0.1) is 0 Å². The molecule has 4 nitrogen and oxygen atoms in total. The summed E-state index contributed by atoms with van der Waals surface area (Å²) in [4.78, 5) is 0. The summed E-state index contributed by atoms with van der Waals surface area (Å²) in [6.07, 6.45) is 4.06. The van der Waals surface area contributed by atoms with Gasteiger partial charge in [-0.3, -0.25) is 0 Å². The minimum atomic E-state index is -0.395. The number of aliphatic hydroxyl groups is 1. The summed E-state index contributed by atoms with van der Waals surface area (Å²) in [6.45, 7) is 0.339. The summed E-state index contributed by atoms with van der Waals surface area (Å²) >= 11 is 0. The Morgan fingerprint density at radius 3 is 2.71 bits per heavy atom. The van der Waals surface area contributed by atoms with E-state index in [9.17, 15) is 5.11 Å². The maximum Gasteiger partial charge on any atom is 0.231 e. The normalized spacial score (nSPS) is 20.5. The molecule has 0 unspecified atom stereocenters. The highest BCUT2D eigenvalue weighted by Gasteiger charge is 2.35. The summed E-state index contributed by atoms with van der Waals surface area (Å²) in [5, 5.41) is 9.49. The lowest BCUT2D eigenvalue weighted by molar-refractivity contribution is 0.0150. The number of rotatable bonds is 3. The fraction of sp³-hybridized carbons (Fsp3) is 0.538. The molecule has 1 N–H and O–H groups in total. The molecule has 0 atom stereocenters. The van der Waals surface area contributed by atoms with E-state index in [1.54, 1.807) is 0 Å². The van der Waals surface area contributed by atoms with Crippen LogP contribution >= 0.6 is 0 Å². The molecular weight excluding hydrogens is 220 g/mol. The van der Waals surface area contributed by atoms with Crippen molar-refractivity contribution >= 4 is 0 Å². The van der Waals surface area contributed by atoms with Crippen LogP contribution in [0.4, 0.5) is 0 Å². The van der Waals surface area contributed by atoms with E-state index in [1.807, 2.05) is 18.2 Å². The van der Waals surface area contributed by atoms with Crippen molar-refractivity contribution in [3.63, 3.8) is 0 Å². The third-order valence-electron chi connectivity index (χ3n) is 3.48. The van der Waals surface area contributed by atoms with Gasteiger partial charge in [0.1, 0.15) is 11.4 Å². The molecule has 1 saturated carbocycles. The highest BCUT2D eigenvalue weighted by molar-refractivity contribution is 5.47. The monoisotopic (exact) mass is 236 g/mol. The molecule has 0 aromatic heterocycles. The van der Waals surface area contributed by atoms with Crippen LogP contribution in [0.5, 0.6) is 17.2 Å². The molecule has 0 bridgehead atoms. The summed E-state index contributed by atoms with van der Waals surface area (Å²) in [5.74, 6) is 2.21. The lowest BCUT2D eigenvalue weighted by Gasteiger charge is -2.28. The van der Waals surface area contributed by atoms with E-state index < -0.39 is 5.60 Å². The van der Waals surface area contributed by atoms with Gasteiger partial charge in [-0.05, 0) is 37.8 Å². The summed E-state index contributed by atoms with van der Waals surface area (Å²) in [5.41, 5.74) is -0.395. The van der Waals surface area contributed by atoms with Gasteiger partial charge in [0, 0.05) is 6.07 Å². The first-order chi connectivity index (χ1) is 8.31. The molecule has 0 spiro atoms. The molecule has 1 aliphatic carbocycles. The Hall–Kier alpha value is -1.42. The van der Waals surface area contributed by atoms with Crippen LogP contribution < -0.4 is 14.2 Å². The molecule has 92 valence electrons. The van der Waals surface area contributed by atoms with E-state index in [2.05, 4.69) is 0 Å². The largest absolute Gasteiger partial charge is 0.485 e. The predicted molar refractivity (Wildman–Crippen MR) is 61.5 cm³/mol. The van der Waals surface area contributed by atoms with E-state index in [4.69, 9.17) is 14.2 Å². The molecule has 1 aromatic rings. The van der Waals surface area contributed by atoms with Crippen molar-refractivity contribution in [3.05, 3.63) is 18.2 Å². The fourth-order valence-corrected chi connectivity index (χ4v) is 2.50. The number of hydrogen-bond donors (Lipinski definition) is 1. The Kier molecular flexibility index (Phi) is 2.59. The van der Waals surface area contributed by atoms with Crippen LogP contribution in [0.15, 0.2) is 18.2 Å². The van der Waals surface area contributed by atoms with Gasteiger partial charge in [-0.1, -0.05) is 0 Å². The minimum absolute atomic E-state index is 0.0709. The van der Waals surface area contributed by atoms with Crippen molar-refractivity contribution in [2.45, 2.75) is 31.3 Å². The van der Waals surface area contributed by atoms with Gasteiger partial charge in [0.25, 0.3) is 0 Å². The van der Waals surface area contributed by atoms with Gasteiger partial charge >= 0.3 is 0 Å². The van der Waals surface area contributed by atoms with Crippen LogP contribution in [-0.4, -0.2) is 24.1 Å². The number of ether oxygens (including phenoxy) is 3. The molecule has 4 heteroatoms. The van der Waals surface area contributed by atoms with Crippen molar-refractivity contribution in [1.82, 2.24) is 0 Å². The second kappa shape index (κ2) is 4.11. The fourth-order valence-electron chi connectivity index (χ4n) is 2.50. The Bertz CT molecular complexity index is 410. The molecule has 0 radical (unpaired) electrons. The summed E-state index contributed by atoms with van der Waals surface area (Å²) < 4.78 is 16.5. The topological polar surface area (TPSA) is 47.9 Å². The van der Waals surface area contributed by atoms with Gasteiger partial charge in [0.2, 0.25) is 6.79 Å². The predicted octanol–water partition coefficient (Wildman–Crippen LogP) is 2.10. The maximum atomic E-state index is 9.49. The molecule has 1 heterocycles. The van der Waals surface area contributed by atoms with Crippen molar-refractivity contribution in [2.75, 3.05) is 13.4 Å². The quantitative estimate of drug-likeness (QED) is 0.873. The molecule has 0 amide bonds. The smallest absolute Gasteiger partial charge is 0.231 e.